The van der Waals surface area contributed by atoms with Crippen molar-refractivity contribution in [3.63, 3.8) is 0 Å². The molecular formula is C15H19Cl2N3O2. The van der Waals surface area contributed by atoms with Gasteiger partial charge < -0.3 is 15.5 Å². The van der Waals surface area contributed by atoms with E-state index in [4.69, 9.17) is 23.2 Å². The second-order valence-corrected chi connectivity index (χ2v) is 6.26. The number of carbonyl (C=O) groups excluding carboxylic acids is 2. The topological polar surface area (TPSA) is 61.4 Å². The summed E-state index contributed by atoms with van der Waals surface area (Å²) in [4.78, 5) is 25.1. The fourth-order valence-electron chi connectivity index (χ4n) is 2.39. The molecule has 0 aliphatic carbocycles. The molecule has 1 aliphatic rings. The maximum absolute atomic E-state index is 12.0. The number of rotatable bonds is 5. The van der Waals surface area contributed by atoms with Crippen LogP contribution in [0.3, 0.4) is 0 Å². The molecule has 7 heteroatoms. The summed E-state index contributed by atoms with van der Waals surface area (Å²) in [6.45, 7) is 3.25. The lowest BCUT2D eigenvalue weighted by Crippen LogP contribution is -2.51. The summed E-state index contributed by atoms with van der Waals surface area (Å²) in [6, 6.07) is 5.04. The van der Waals surface area contributed by atoms with Crippen LogP contribution in [-0.2, 0) is 11.2 Å². The smallest absolute Gasteiger partial charge is 0.317 e. The van der Waals surface area contributed by atoms with Crippen LogP contribution in [0.15, 0.2) is 18.2 Å². The zero-order chi connectivity index (χ0) is 16.1. The average Bonchev–Trinajstić information content (AvgIpc) is 2.44. The first-order valence-corrected chi connectivity index (χ1v) is 7.97. The van der Waals surface area contributed by atoms with Gasteiger partial charge in [0, 0.05) is 29.2 Å². The molecule has 1 aliphatic heterocycles. The van der Waals surface area contributed by atoms with Crippen molar-refractivity contribution in [3.05, 3.63) is 33.8 Å². The highest BCUT2D eigenvalue weighted by atomic mass is 35.5. The highest BCUT2D eigenvalue weighted by Crippen LogP contribution is 2.22. The molecule has 1 heterocycles. The minimum atomic E-state index is -0.185. The second kappa shape index (κ2) is 7.70. The first kappa shape index (κ1) is 16.9. The fourth-order valence-corrected chi connectivity index (χ4v) is 2.88. The molecule has 0 spiro atoms. The Morgan fingerprint density at radius 2 is 2.23 bits per heavy atom. The number of benzene rings is 1. The van der Waals surface area contributed by atoms with E-state index < -0.39 is 0 Å². The van der Waals surface area contributed by atoms with Crippen LogP contribution in [0.1, 0.15) is 18.9 Å². The normalized spacial score (nSPS) is 16.1. The Kier molecular flexibility index (Phi) is 5.91. The first-order valence-electron chi connectivity index (χ1n) is 7.22. The third-order valence-corrected chi connectivity index (χ3v) is 4.04. The lowest BCUT2D eigenvalue weighted by atomic mass is 10.1. The van der Waals surface area contributed by atoms with E-state index in [1.165, 1.54) is 4.90 Å². The molecule has 1 aromatic rings. The highest BCUT2D eigenvalue weighted by molar-refractivity contribution is 6.35. The molecule has 2 N–H and O–H groups in total. The molecule has 0 aromatic heterocycles. The number of carbonyl (C=O) groups is 2. The number of halogens is 2. The Hall–Kier alpha value is -1.46. The van der Waals surface area contributed by atoms with Crippen molar-refractivity contribution in [1.29, 1.82) is 0 Å². The molecule has 0 saturated carbocycles. The number of nitrogens with zero attached hydrogens (tertiary/aromatic N) is 1. The van der Waals surface area contributed by atoms with Crippen LogP contribution < -0.4 is 10.6 Å². The molecule has 1 atom stereocenters. The molecule has 3 amide bonds. The summed E-state index contributed by atoms with van der Waals surface area (Å²) in [7, 11) is 0. The summed E-state index contributed by atoms with van der Waals surface area (Å²) in [5.74, 6) is -0.172. The molecule has 1 saturated heterocycles. The molecule has 1 unspecified atom stereocenters. The summed E-state index contributed by atoms with van der Waals surface area (Å²) in [5, 5.41) is 6.78. The van der Waals surface area contributed by atoms with E-state index in [-0.39, 0.29) is 24.5 Å². The van der Waals surface area contributed by atoms with Gasteiger partial charge in [-0.1, -0.05) is 29.3 Å². The monoisotopic (exact) mass is 343 g/mol. The SMILES string of the molecule is CC(Cc1ccc(Cl)cc1Cl)NC(=O)CN1CCCNC1=O. The van der Waals surface area contributed by atoms with Crippen LogP contribution >= 0.6 is 23.2 Å². The Balaban J connectivity index is 1.84. The van der Waals surface area contributed by atoms with E-state index in [1.807, 2.05) is 13.0 Å². The fraction of sp³-hybridized carbons (Fsp3) is 0.467. The summed E-state index contributed by atoms with van der Waals surface area (Å²) in [5.41, 5.74) is 0.926. The van der Waals surface area contributed by atoms with Crippen molar-refractivity contribution < 1.29 is 9.59 Å². The highest BCUT2D eigenvalue weighted by Gasteiger charge is 2.20. The summed E-state index contributed by atoms with van der Waals surface area (Å²) in [6.07, 6.45) is 1.46. The van der Waals surface area contributed by atoms with E-state index >= 15 is 0 Å². The largest absolute Gasteiger partial charge is 0.352 e. The third kappa shape index (κ3) is 4.78. The molecule has 120 valence electrons. The number of hydrogen-bond acceptors (Lipinski definition) is 2. The predicted octanol–water partition coefficient (Wildman–Crippen LogP) is 2.46. The maximum Gasteiger partial charge on any atom is 0.317 e. The van der Waals surface area contributed by atoms with Gasteiger partial charge in [0.2, 0.25) is 5.91 Å². The number of amides is 3. The third-order valence-electron chi connectivity index (χ3n) is 3.45. The first-order chi connectivity index (χ1) is 10.5. The summed E-state index contributed by atoms with van der Waals surface area (Å²) < 4.78 is 0. The molecule has 22 heavy (non-hydrogen) atoms. The van der Waals surface area contributed by atoms with Crippen LogP contribution in [0.5, 0.6) is 0 Å². The molecular weight excluding hydrogens is 325 g/mol. The average molecular weight is 344 g/mol. The van der Waals surface area contributed by atoms with Gasteiger partial charge in [-0.2, -0.15) is 0 Å². The van der Waals surface area contributed by atoms with Crippen LogP contribution in [-0.4, -0.2) is 42.5 Å². The Morgan fingerprint density at radius 3 is 2.91 bits per heavy atom. The molecule has 0 radical (unpaired) electrons. The standard InChI is InChI=1S/C15H19Cl2N3O2/c1-10(7-11-3-4-12(16)8-13(11)17)19-14(21)9-20-6-2-5-18-15(20)22/h3-4,8,10H,2,5-7,9H2,1H3,(H,18,22)(H,19,21). The van der Waals surface area contributed by atoms with Crippen molar-refractivity contribution in [2.45, 2.75) is 25.8 Å². The van der Waals surface area contributed by atoms with Crippen molar-refractivity contribution in [2.75, 3.05) is 19.6 Å². The second-order valence-electron chi connectivity index (χ2n) is 5.42. The lowest BCUT2D eigenvalue weighted by Gasteiger charge is -2.27. The van der Waals surface area contributed by atoms with Crippen molar-refractivity contribution in [1.82, 2.24) is 15.5 Å². The van der Waals surface area contributed by atoms with E-state index in [0.29, 0.717) is 29.6 Å². The molecule has 1 fully saturated rings. The maximum atomic E-state index is 12.0. The van der Waals surface area contributed by atoms with Gasteiger partial charge in [-0.15, -0.1) is 0 Å². The minimum Gasteiger partial charge on any atom is -0.352 e. The zero-order valence-corrected chi connectivity index (χ0v) is 13.9. The van der Waals surface area contributed by atoms with Crippen LogP contribution in [0.25, 0.3) is 0 Å². The quantitative estimate of drug-likeness (QED) is 0.862. The van der Waals surface area contributed by atoms with Gasteiger partial charge in [-0.05, 0) is 37.5 Å². The van der Waals surface area contributed by atoms with E-state index in [9.17, 15) is 9.59 Å². The van der Waals surface area contributed by atoms with Gasteiger partial charge in [0.1, 0.15) is 6.54 Å². The van der Waals surface area contributed by atoms with Crippen molar-refractivity contribution in [3.8, 4) is 0 Å². The lowest BCUT2D eigenvalue weighted by molar-refractivity contribution is -0.122. The van der Waals surface area contributed by atoms with E-state index in [0.717, 1.165) is 12.0 Å². The van der Waals surface area contributed by atoms with Crippen molar-refractivity contribution >= 4 is 35.1 Å². The van der Waals surface area contributed by atoms with Gasteiger partial charge in [0.15, 0.2) is 0 Å². The molecule has 1 aromatic carbocycles. The predicted molar refractivity (Wildman–Crippen MR) is 87.4 cm³/mol. The zero-order valence-electron chi connectivity index (χ0n) is 12.4. The summed E-state index contributed by atoms with van der Waals surface area (Å²) >= 11 is 12.0. The Morgan fingerprint density at radius 1 is 1.45 bits per heavy atom. The van der Waals surface area contributed by atoms with Crippen LogP contribution in [0.4, 0.5) is 4.79 Å². The van der Waals surface area contributed by atoms with Crippen LogP contribution in [0.2, 0.25) is 10.0 Å². The Bertz CT molecular complexity index is 566. The number of nitrogens with one attached hydrogen (secondary N) is 2. The van der Waals surface area contributed by atoms with Crippen LogP contribution in [0, 0.1) is 0 Å². The van der Waals surface area contributed by atoms with Gasteiger partial charge in [0.05, 0.1) is 0 Å². The van der Waals surface area contributed by atoms with E-state index in [1.54, 1.807) is 12.1 Å². The van der Waals surface area contributed by atoms with Crippen molar-refractivity contribution in [2.24, 2.45) is 0 Å². The molecule has 2 rings (SSSR count). The number of urea groups is 1. The van der Waals surface area contributed by atoms with Gasteiger partial charge in [0.25, 0.3) is 0 Å². The number of hydrogen-bond donors (Lipinski definition) is 2. The minimum absolute atomic E-state index is 0.0739. The van der Waals surface area contributed by atoms with E-state index in [2.05, 4.69) is 10.6 Å². The van der Waals surface area contributed by atoms with Gasteiger partial charge in [-0.25, -0.2) is 4.79 Å². The molecule has 0 bridgehead atoms. The Labute approximate surface area is 139 Å². The van der Waals surface area contributed by atoms with Gasteiger partial charge in [-0.3, -0.25) is 4.79 Å². The van der Waals surface area contributed by atoms with Gasteiger partial charge >= 0.3 is 6.03 Å². The molecule has 5 nitrogen and oxygen atoms in total.